The van der Waals surface area contributed by atoms with Crippen molar-refractivity contribution in [3.8, 4) is 0 Å². The predicted molar refractivity (Wildman–Crippen MR) is 62.5 cm³/mol. The van der Waals surface area contributed by atoms with Gasteiger partial charge in [-0.05, 0) is 63.4 Å². The quantitative estimate of drug-likeness (QED) is 0.904. The number of carbonyl (C=O) groups is 1. The molecule has 0 aliphatic heterocycles. The van der Waals surface area contributed by atoms with Crippen LogP contribution < -0.4 is 0 Å². The van der Waals surface area contributed by atoms with Crippen LogP contribution in [0, 0.1) is 0 Å². The molecule has 0 saturated heterocycles. The molecule has 0 amide bonds. The van der Waals surface area contributed by atoms with Crippen LogP contribution in [0.2, 0.25) is 0 Å². The molecule has 1 aromatic carbocycles. The molecule has 0 bridgehead atoms. The lowest BCUT2D eigenvalue weighted by atomic mass is 9.85. The fourth-order valence-corrected chi connectivity index (χ4v) is 1.63. The summed E-state index contributed by atoms with van der Waals surface area (Å²) in [7, 11) is 0. The van der Waals surface area contributed by atoms with Crippen molar-refractivity contribution in [3.05, 3.63) is 32.7 Å². The first-order valence-electron chi connectivity index (χ1n) is 4.04. The zero-order valence-electron chi connectivity index (χ0n) is 7.84. The van der Waals surface area contributed by atoms with E-state index in [1.165, 1.54) is 0 Å². The lowest BCUT2D eigenvalue weighted by molar-refractivity contribution is -0.142. The van der Waals surface area contributed by atoms with Gasteiger partial charge in [0.1, 0.15) is 0 Å². The van der Waals surface area contributed by atoms with Gasteiger partial charge in [0.2, 0.25) is 0 Å². The Hall–Kier alpha value is -0.350. The Morgan fingerprint density at radius 2 is 1.86 bits per heavy atom. The standard InChI is InChI=1S/C10H10Br2O2/c1-10(2,9(13)14)6-3-4-7(11)8(12)5-6/h3-5H,1-2H3,(H,13,14). The first-order valence-corrected chi connectivity index (χ1v) is 5.63. The minimum atomic E-state index is -0.858. The summed E-state index contributed by atoms with van der Waals surface area (Å²) in [5, 5.41) is 9.03. The summed E-state index contributed by atoms with van der Waals surface area (Å²) in [6.07, 6.45) is 0. The van der Waals surface area contributed by atoms with E-state index in [9.17, 15) is 4.79 Å². The van der Waals surface area contributed by atoms with Gasteiger partial charge in [-0.1, -0.05) is 6.07 Å². The molecule has 14 heavy (non-hydrogen) atoms. The predicted octanol–water partition coefficient (Wildman–Crippen LogP) is 3.57. The molecule has 0 unspecified atom stereocenters. The van der Waals surface area contributed by atoms with E-state index in [-0.39, 0.29) is 0 Å². The van der Waals surface area contributed by atoms with Crippen molar-refractivity contribution in [2.75, 3.05) is 0 Å². The molecule has 0 heterocycles. The molecule has 1 aromatic rings. The molecule has 0 radical (unpaired) electrons. The highest BCUT2D eigenvalue weighted by Crippen LogP contribution is 2.30. The van der Waals surface area contributed by atoms with Gasteiger partial charge >= 0.3 is 5.97 Å². The molecule has 0 aliphatic carbocycles. The van der Waals surface area contributed by atoms with E-state index in [4.69, 9.17) is 5.11 Å². The van der Waals surface area contributed by atoms with Gasteiger partial charge in [0, 0.05) is 8.95 Å². The fourth-order valence-electron chi connectivity index (χ4n) is 1.01. The van der Waals surface area contributed by atoms with E-state index in [1.807, 2.05) is 18.2 Å². The second kappa shape index (κ2) is 4.03. The van der Waals surface area contributed by atoms with Crippen LogP contribution in [-0.4, -0.2) is 11.1 Å². The summed E-state index contributed by atoms with van der Waals surface area (Å²) in [5.41, 5.74) is -0.0801. The monoisotopic (exact) mass is 320 g/mol. The normalized spacial score (nSPS) is 11.4. The Morgan fingerprint density at radius 1 is 1.29 bits per heavy atom. The van der Waals surface area contributed by atoms with Gasteiger partial charge in [0.15, 0.2) is 0 Å². The lowest BCUT2D eigenvalue weighted by Gasteiger charge is -2.20. The van der Waals surface area contributed by atoms with E-state index in [1.54, 1.807) is 13.8 Å². The highest BCUT2D eigenvalue weighted by Gasteiger charge is 2.29. The summed E-state index contributed by atoms with van der Waals surface area (Å²) in [6.45, 7) is 3.37. The molecular formula is C10H10Br2O2. The van der Waals surface area contributed by atoms with E-state index in [0.29, 0.717) is 0 Å². The molecule has 0 aromatic heterocycles. The maximum absolute atomic E-state index is 11.0. The number of rotatable bonds is 2. The third-order valence-corrected chi connectivity index (χ3v) is 4.06. The lowest BCUT2D eigenvalue weighted by Crippen LogP contribution is -2.28. The SMILES string of the molecule is CC(C)(C(=O)O)c1ccc(Br)c(Br)c1. The summed E-state index contributed by atoms with van der Waals surface area (Å²) in [5.74, 6) is -0.827. The highest BCUT2D eigenvalue weighted by atomic mass is 79.9. The number of hydrogen-bond acceptors (Lipinski definition) is 1. The van der Waals surface area contributed by atoms with Crippen LogP contribution >= 0.6 is 31.9 Å². The van der Waals surface area contributed by atoms with Crippen molar-refractivity contribution < 1.29 is 9.90 Å². The summed E-state index contributed by atoms with van der Waals surface area (Å²) in [4.78, 5) is 11.0. The highest BCUT2D eigenvalue weighted by molar-refractivity contribution is 9.13. The molecule has 76 valence electrons. The second-order valence-electron chi connectivity index (χ2n) is 3.56. The number of benzene rings is 1. The minimum absolute atomic E-state index is 0.778. The smallest absolute Gasteiger partial charge is 0.313 e. The summed E-state index contributed by atoms with van der Waals surface area (Å²) < 4.78 is 1.78. The molecule has 4 heteroatoms. The molecular weight excluding hydrogens is 312 g/mol. The first kappa shape index (κ1) is 11.7. The van der Waals surface area contributed by atoms with E-state index < -0.39 is 11.4 Å². The second-order valence-corrected chi connectivity index (χ2v) is 5.27. The summed E-state index contributed by atoms with van der Waals surface area (Å²) in [6, 6.07) is 5.46. The molecule has 0 aliphatic rings. The number of halogens is 2. The zero-order valence-corrected chi connectivity index (χ0v) is 11.0. The number of carboxylic acid groups (broad SMARTS) is 1. The van der Waals surface area contributed by atoms with Gasteiger partial charge in [-0.3, -0.25) is 4.79 Å². The molecule has 1 rings (SSSR count). The van der Waals surface area contributed by atoms with Gasteiger partial charge in [-0.2, -0.15) is 0 Å². The van der Waals surface area contributed by atoms with E-state index in [2.05, 4.69) is 31.9 Å². The Bertz CT molecular complexity index is 372. The van der Waals surface area contributed by atoms with Crippen molar-refractivity contribution in [3.63, 3.8) is 0 Å². The van der Waals surface area contributed by atoms with Gasteiger partial charge < -0.3 is 5.11 Å². The van der Waals surface area contributed by atoms with E-state index in [0.717, 1.165) is 14.5 Å². The first-order chi connectivity index (χ1) is 6.35. The third-order valence-electron chi connectivity index (χ3n) is 2.18. The maximum Gasteiger partial charge on any atom is 0.313 e. The van der Waals surface area contributed by atoms with Gasteiger partial charge in [-0.25, -0.2) is 0 Å². The van der Waals surface area contributed by atoms with Crippen LogP contribution in [-0.2, 0) is 10.2 Å². The van der Waals surface area contributed by atoms with Crippen molar-refractivity contribution in [2.24, 2.45) is 0 Å². The fraction of sp³-hybridized carbons (Fsp3) is 0.300. The van der Waals surface area contributed by atoms with Crippen LogP contribution in [0.3, 0.4) is 0 Å². The van der Waals surface area contributed by atoms with Crippen LogP contribution in [0.1, 0.15) is 19.4 Å². The van der Waals surface area contributed by atoms with Crippen LogP contribution in [0.5, 0.6) is 0 Å². The zero-order chi connectivity index (χ0) is 10.9. The third kappa shape index (κ3) is 2.17. The largest absolute Gasteiger partial charge is 0.481 e. The Labute approximate surface area is 99.6 Å². The number of hydrogen-bond donors (Lipinski definition) is 1. The minimum Gasteiger partial charge on any atom is -0.481 e. The van der Waals surface area contributed by atoms with Crippen LogP contribution in [0.15, 0.2) is 27.1 Å². The molecule has 0 spiro atoms. The maximum atomic E-state index is 11.0. The molecule has 0 saturated carbocycles. The molecule has 0 fully saturated rings. The average molecular weight is 322 g/mol. The van der Waals surface area contributed by atoms with Crippen molar-refractivity contribution >= 4 is 37.8 Å². The number of carboxylic acids is 1. The van der Waals surface area contributed by atoms with Crippen LogP contribution in [0.4, 0.5) is 0 Å². The Balaban J connectivity index is 3.21. The van der Waals surface area contributed by atoms with Gasteiger partial charge in [-0.15, -0.1) is 0 Å². The Morgan fingerprint density at radius 3 is 2.29 bits per heavy atom. The van der Waals surface area contributed by atoms with E-state index >= 15 is 0 Å². The molecule has 1 N–H and O–H groups in total. The van der Waals surface area contributed by atoms with Crippen LogP contribution in [0.25, 0.3) is 0 Å². The van der Waals surface area contributed by atoms with Gasteiger partial charge in [0.25, 0.3) is 0 Å². The summed E-state index contributed by atoms with van der Waals surface area (Å²) >= 11 is 6.69. The molecule has 2 nitrogen and oxygen atoms in total. The van der Waals surface area contributed by atoms with Crippen molar-refractivity contribution in [1.82, 2.24) is 0 Å². The van der Waals surface area contributed by atoms with Gasteiger partial charge in [0.05, 0.1) is 5.41 Å². The van der Waals surface area contributed by atoms with Crippen molar-refractivity contribution in [2.45, 2.75) is 19.3 Å². The molecule has 0 atom stereocenters. The van der Waals surface area contributed by atoms with Crippen molar-refractivity contribution in [1.29, 1.82) is 0 Å². The number of aliphatic carboxylic acids is 1. The average Bonchev–Trinajstić information content (AvgIpc) is 2.09. The topological polar surface area (TPSA) is 37.3 Å². The Kier molecular flexibility index (Phi) is 3.37.